The highest BCUT2D eigenvalue weighted by Crippen LogP contribution is 2.09. The first-order valence-corrected chi connectivity index (χ1v) is 9.12. The highest BCUT2D eigenvalue weighted by molar-refractivity contribution is 5.14. The lowest BCUT2D eigenvalue weighted by molar-refractivity contribution is 0.0637. The lowest BCUT2D eigenvalue weighted by atomic mass is 10.2. The second kappa shape index (κ2) is 8.78. The van der Waals surface area contributed by atoms with Crippen molar-refractivity contribution in [2.45, 2.75) is 26.0 Å². The van der Waals surface area contributed by atoms with Crippen LogP contribution in [0, 0.1) is 0 Å². The van der Waals surface area contributed by atoms with Gasteiger partial charge in [-0.2, -0.15) is 0 Å². The zero-order chi connectivity index (χ0) is 15.9. The van der Waals surface area contributed by atoms with E-state index in [4.69, 9.17) is 4.74 Å². The maximum absolute atomic E-state index is 5.73. The fourth-order valence-corrected chi connectivity index (χ4v) is 3.58. The minimum absolute atomic E-state index is 0.389. The maximum Gasteiger partial charge on any atom is 0.0673 e. The van der Waals surface area contributed by atoms with Gasteiger partial charge < -0.3 is 4.74 Å². The lowest BCUT2D eigenvalue weighted by Gasteiger charge is -2.35. The summed E-state index contributed by atoms with van der Waals surface area (Å²) in [6.45, 7) is 13.7. The maximum atomic E-state index is 5.73. The summed E-state index contributed by atoms with van der Waals surface area (Å²) < 4.78 is 5.73. The summed E-state index contributed by atoms with van der Waals surface area (Å²) in [5.74, 6) is 0. The molecule has 2 saturated heterocycles. The summed E-state index contributed by atoms with van der Waals surface area (Å²) in [6.07, 6.45) is 1.56. The number of piperazine rings is 1. The van der Waals surface area contributed by atoms with Crippen LogP contribution >= 0.6 is 0 Å². The topological polar surface area (TPSA) is 19.0 Å². The molecule has 2 aliphatic rings. The molecule has 1 aromatic carbocycles. The van der Waals surface area contributed by atoms with Crippen molar-refractivity contribution in [3.05, 3.63) is 35.9 Å². The third-order valence-corrected chi connectivity index (χ3v) is 4.98. The summed E-state index contributed by atoms with van der Waals surface area (Å²) in [5.41, 5.74) is 1.43. The summed E-state index contributed by atoms with van der Waals surface area (Å²) in [4.78, 5) is 7.78. The van der Waals surface area contributed by atoms with Crippen molar-refractivity contribution in [3.8, 4) is 0 Å². The average Bonchev–Trinajstić information content (AvgIpc) is 2.79. The Morgan fingerprint density at radius 1 is 0.913 bits per heavy atom. The minimum atomic E-state index is 0.389. The van der Waals surface area contributed by atoms with Crippen LogP contribution in [0.5, 0.6) is 0 Å². The van der Waals surface area contributed by atoms with Gasteiger partial charge in [0.25, 0.3) is 0 Å². The summed E-state index contributed by atoms with van der Waals surface area (Å²) in [7, 11) is 0. The van der Waals surface area contributed by atoms with Gasteiger partial charge in [0, 0.05) is 65.5 Å². The molecule has 2 fully saturated rings. The van der Waals surface area contributed by atoms with Crippen molar-refractivity contribution in [3.63, 3.8) is 0 Å². The van der Waals surface area contributed by atoms with Crippen LogP contribution in [0.4, 0.5) is 0 Å². The zero-order valence-electron chi connectivity index (χ0n) is 14.5. The monoisotopic (exact) mass is 317 g/mol. The van der Waals surface area contributed by atoms with E-state index in [2.05, 4.69) is 52.0 Å². The van der Waals surface area contributed by atoms with Crippen LogP contribution in [0.1, 0.15) is 18.9 Å². The van der Waals surface area contributed by atoms with Gasteiger partial charge in [-0.15, -0.1) is 0 Å². The Morgan fingerprint density at radius 3 is 2.39 bits per heavy atom. The van der Waals surface area contributed by atoms with Gasteiger partial charge in [-0.1, -0.05) is 30.3 Å². The Kier molecular flexibility index (Phi) is 6.46. The molecule has 1 atom stereocenters. The van der Waals surface area contributed by atoms with Crippen LogP contribution in [0.3, 0.4) is 0 Å². The van der Waals surface area contributed by atoms with Gasteiger partial charge in [0.2, 0.25) is 0 Å². The molecule has 0 spiro atoms. The van der Waals surface area contributed by atoms with Crippen LogP contribution in [0.25, 0.3) is 0 Å². The van der Waals surface area contributed by atoms with Crippen molar-refractivity contribution in [1.82, 2.24) is 14.7 Å². The van der Waals surface area contributed by atoms with Gasteiger partial charge in [0.05, 0.1) is 6.10 Å². The fraction of sp³-hybridized carbons (Fsp3) is 0.684. The number of nitrogens with zero attached hydrogens (tertiary/aromatic N) is 3. The zero-order valence-corrected chi connectivity index (χ0v) is 14.5. The molecule has 1 aromatic rings. The van der Waals surface area contributed by atoms with Gasteiger partial charge in [0.15, 0.2) is 0 Å². The Balaban J connectivity index is 1.36. The van der Waals surface area contributed by atoms with E-state index in [0.29, 0.717) is 6.10 Å². The minimum Gasteiger partial charge on any atom is -0.377 e. The number of ether oxygens (including phenoxy) is 1. The van der Waals surface area contributed by atoms with Crippen LogP contribution < -0.4 is 0 Å². The van der Waals surface area contributed by atoms with Crippen molar-refractivity contribution in [2.24, 2.45) is 0 Å². The molecule has 128 valence electrons. The first-order chi connectivity index (χ1) is 11.3. The molecule has 0 aromatic heterocycles. The molecule has 2 aliphatic heterocycles. The molecule has 23 heavy (non-hydrogen) atoms. The van der Waals surface area contributed by atoms with Crippen LogP contribution in [-0.2, 0) is 11.3 Å². The Bertz CT molecular complexity index is 445. The predicted molar refractivity (Wildman–Crippen MR) is 94.6 cm³/mol. The Hall–Kier alpha value is -0.940. The van der Waals surface area contributed by atoms with Crippen LogP contribution in [0.15, 0.2) is 30.3 Å². The fourth-order valence-electron chi connectivity index (χ4n) is 3.58. The van der Waals surface area contributed by atoms with E-state index in [9.17, 15) is 0 Å². The van der Waals surface area contributed by atoms with Crippen LogP contribution in [-0.4, -0.2) is 79.8 Å². The summed E-state index contributed by atoms with van der Waals surface area (Å²) in [5, 5.41) is 0. The molecular formula is C19H31N3O. The first-order valence-electron chi connectivity index (χ1n) is 9.12. The van der Waals surface area contributed by atoms with Gasteiger partial charge in [-0.05, 0) is 18.9 Å². The molecule has 0 amide bonds. The van der Waals surface area contributed by atoms with Gasteiger partial charge in [-0.3, -0.25) is 14.7 Å². The van der Waals surface area contributed by atoms with Gasteiger partial charge in [0.1, 0.15) is 0 Å². The van der Waals surface area contributed by atoms with Crippen molar-refractivity contribution in [2.75, 3.05) is 59.0 Å². The average molecular weight is 317 g/mol. The van der Waals surface area contributed by atoms with E-state index in [0.717, 1.165) is 19.7 Å². The largest absolute Gasteiger partial charge is 0.377 e. The first kappa shape index (κ1) is 16.9. The van der Waals surface area contributed by atoms with Crippen molar-refractivity contribution in [1.29, 1.82) is 0 Å². The molecule has 3 rings (SSSR count). The molecule has 0 aliphatic carbocycles. The van der Waals surface area contributed by atoms with Crippen molar-refractivity contribution < 1.29 is 4.74 Å². The van der Waals surface area contributed by atoms with Gasteiger partial charge >= 0.3 is 0 Å². The molecule has 4 nitrogen and oxygen atoms in total. The number of hydrogen-bond donors (Lipinski definition) is 0. The van der Waals surface area contributed by atoms with E-state index < -0.39 is 0 Å². The van der Waals surface area contributed by atoms with E-state index >= 15 is 0 Å². The quantitative estimate of drug-likeness (QED) is 0.826. The Morgan fingerprint density at radius 2 is 1.61 bits per heavy atom. The number of benzene rings is 1. The van der Waals surface area contributed by atoms with E-state index in [1.807, 2.05) is 0 Å². The standard InChI is InChI=1S/C19H31N3O/c1-18-16-21(8-5-15-23-18)12-9-20-10-13-22(14-11-20)17-19-6-3-2-4-7-19/h2-4,6-7,18H,5,8-17H2,1H3. The molecule has 0 N–H and O–H groups in total. The van der Waals surface area contributed by atoms with E-state index in [-0.39, 0.29) is 0 Å². The predicted octanol–water partition coefficient (Wildman–Crippen LogP) is 1.91. The molecule has 0 radical (unpaired) electrons. The number of rotatable bonds is 5. The highest BCUT2D eigenvalue weighted by Gasteiger charge is 2.19. The van der Waals surface area contributed by atoms with Gasteiger partial charge in [-0.25, -0.2) is 0 Å². The smallest absolute Gasteiger partial charge is 0.0673 e. The third kappa shape index (κ3) is 5.57. The molecule has 2 heterocycles. The summed E-state index contributed by atoms with van der Waals surface area (Å²) >= 11 is 0. The normalized spacial score (nSPS) is 25.3. The molecule has 0 saturated carbocycles. The third-order valence-electron chi connectivity index (χ3n) is 4.98. The molecular weight excluding hydrogens is 286 g/mol. The second-order valence-electron chi connectivity index (χ2n) is 6.94. The number of hydrogen-bond acceptors (Lipinski definition) is 4. The Labute approximate surface area is 141 Å². The SMILES string of the molecule is CC1CN(CCN2CCN(Cc3ccccc3)CC2)CCCO1. The molecule has 1 unspecified atom stereocenters. The van der Waals surface area contributed by atoms with Crippen molar-refractivity contribution >= 4 is 0 Å². The molecule has 4 heteroatoms. The van der Waals surface area contributed by atoms with E-state index in [1.54, 1.807) is 0 Å². The summed E-state index contributed by atoms with van der Waals surface area (Å²) in [6, 6.07) is 10.8. The van der Waals surface area contributed by atoms with Crippen LogP contribution in [0.2, 0.25) is 0 Å². The second-order valence-corrected chi connectivity index (χ2v) is 6.94. The highest BCUT2D eigenvalue weighted by atomic mass is 16.5. The molecule has 0 bridgehead atoms. The lowest BCUT2D eigenvalue weighted by Crippen LogP contribution is -2.48. The van der Waals surface area contributed by atoms with E-state index in [1.165, 1.54) is 57.8 Å².